The minimum absolute atomic E-state index is 0.114. The first-order valence-electron chi connectivity index (χ1n) is 7.21. The van der Waals surface area contributed by atoms with Gasteiger partial charge in [-0.15, -0.1) is 11.3 Å². The first-order chi connectivity index (χ1) is 11.6. The number of amides is 1. The molecule has 2 aromatic heterocycles. The van der Waals surface area contributed by atoms with E-state index in [0.717, 1.165) is 4.88 Å². The lowest BCUT2D eigenvalue weighted by molar-refractivity contribution is -0.122. The van der Waals surface area contributed by atoms with Crippen LogP contribution < -0.4 is 11.1 Å². The maximum atomic E-state index is 12.2. The highest BCUT2D eigenvalue weighted by molar-refractivity contribution is 7.16. The summed E-state index contributed by atoms with van der Waals surface area (Å²) in [4.78, 5) is 25.0. The van der Waals surface area contributed by atoms with E-state index in [2.05, 4.69) is 5.32 Å². The molecule has 24 heavy (non-hydrogen) atoms. The zero-order valence-corrected chi connectivity index (χ0v) is 14.4. The Labute approximate surface area is 146 Å². The molecule has 0 spiro atoms. The highest BCUT2D eigenvalue weighted by Gasteiger charge is 2.16. The summed E-state index contributed by atoms with van der Waals surface area (Å²) in [5.74, 6) is -0.854. The lowest BCUT2D eigenvalue weighted by Crippen LogP contribution is -2.33. The fourth-order valence-electron chi connectivity index (χ4n) is 2.37. The van der Waals surface area contributed by atoms with Gasteiger partial charge in [-0.1, -0.05) is 23.7 Å². The third-order valence-electron chi connectivity index (χ3n) is 3.56. The number of aromatic nitrogens is 1. The molecule has 1 N–H and O–H groups in total. The van der Waals surface area contributed by atoms with Gasteiger partial charge in [0.05, 0.1) is 9.85 Å². The van der Waals surface area contributed by atoms with Crippen molar-refractivity contribution in [1.29, 1.82) is 0 Å². The number of para-hydroxylation sites is 2. The predicted octanol–water partition coefficient (Wildman–Crippen LogP) is 2.81. The molecular formula is C16H15ClN2O4S. The third-order valence-corrected chi connectivity index (χ3v) is 4.88. The van der Waals surface area contributed by atoms with Gasteiger partial charge in [0.1, 0.15) is 12.6 Å². The lowest BCUT2D eigenvalue weighted by Gasteiger charge is -2.14. The van der Waals surface area contributed by atoms with Crippen LogP contribution in [0.5, 0.6) is 0 Å². The smallest absolute Gasteiger partial charge is 0.408 e. The van der Waals surface area contributed by atoms with Crippen molar-refractivity contribution < 1.29 is 13.9 Å². The topological polar surface area (TPSA) is 73.5 Å². The summed E-state index contributed by atoms with van der Waals surface area (Å²) in [5.41, 5.74) is 1.05. The normalized spacial score (nSPS) is 12.4. The molecule has 0 saturated carbocycles. The summed E-state index contributed by atoms with van der Waals surface area (Å²) in [5, 5.41) is 2.77. The Bertz CT molecular complexity index is 914. The van der Waals surface area contributed by atoms with Crippen LogP contribution in [0.4, 0.5) is 0 Å². The maximum absolute atomic E-state index is 12.2. The summed E-state index contributed by atoms with van der Waals surface area (Å²) in [6.45, 7) is 0.175. The van der Waals surface area contributed by atoms with E-state index >= 15 is 0 Å². The van der Waals surface area contributed by atoms with E-state index < -0.39 is 5.76 Å². The predicted molar refractivity (Wildman–Crippen MR) is 92.6 cm³/mol. The van der Waals surface area contributed by atoms with Gasteiger partial charge in [0.2, 0.25) is 5.91 Å². The average molecular weight is 367 g/mol. The van der Waals surface area contributed by atoms with Gasteiger partial charge in [-0.2, -0.15) is 0 Å². The largest absolute Gasteiger partial charge is 0.420 e. The zero-order valence-electron chi connectivity index (χ0n) is 12.8. The van der Waals surface area contributed by atoms with Crippen molar-refractivity contribution in [3.63, 3.8) is 0 Å². The highest BCUT2D eigenvalue weighted by Crippen LogP contribution is 2.28. The highest BCUT2D eigenvalue weighted by atomic mass is 35.5. The monoisotopic (exact) mass is 366 g/mol. The van der Waals surface area contributed by atoms with E-state index in [1.165, 1.54) is 15.9 Å². The number of nitrogens with zero attached hydrogens (tertiary/aromatic N) is 1. The number of hydrogen-bond acceptors (Lipinski definition) is 5. The summed E-state index contributed by atoms with van der Waals surface area (Å²) in [6.07, 6.45) is -0.288. The number of thiophene rings is 1. The van der Waals surface area contributed by atoms with Crippen molar-refractivity contribution in [3.8, 4) is 0 Å². The van der Waals surface area contributed by atoms with Crippen LogP contribution in [0.1, 0.15) is 11.0 Å². The molecule has 0 aliphatic heterocycles. The summed E-state index contributed by atoms with van der Waals surface area (Å²) in [6, 6.07) is 10.6. The van der Waals surface area contributed by atoms with Crippen LogP contribution in [0.15, 0.2) is 45.6 Å². The van der Waals surface area contributed by atoms with Crippen molar-refractivity contribution >= 4 is 39.9 Å². The number of methoxy groups -OCH3 is 1. The second-order valence-corrected chi connectivity index (χ2v) is 6.84. The Kier molecular flexibility index (Phi) is 5.03. The van der Waals surface area contributed by atoms with Crippen molar-refractivity contribution in [2.24, 2.45) is 0 Å². The second kappa shape index (κ2) is 7.21. The molecule has 6 nitrogen and oxygen atoms in total. The quantitative estimate of drug-likeness (QED) is 0.728. The summed E-state index contributed by atoms with van der Waals surface area (Å²) < 4.78 is 12.4. The molecule has 0 bridgehead atoms. The molecule has 1 aromatic carbocycles. The first kappa shape index (κ1) is 16.8. The molecular weight excluding hydrogens is 352 g/mol. The van der Waals surface area contributed by atoms with Crippen LogP contribution in [0, 0.1) is 0 Å². The Morgan fingerprint density at radius 3 is 2.88 bits per heavy atom. The van der Waals surface area contributed by atoms with E-state index in [1.54, 1.807) is 37.4 Å². The third kappa shape index (κ3) is 3.53. The zero-order chi connectivity index (χ0) is 17.1. The fourth-order valence-corrected chi connectivity index (χ4v) is 3.51. The van der Waals surface area contributed by atoms with Crippen LogP contribution in [-0.2, 0) is 16.1 Å². The number of halogens is 1. The molecule has 0 radical (unpaired) electrons. The van der Waals surface area contributed by atoms with Gasteiger partial charge in [-0.3, -0.25) is 9.36 Å². The fraction of sp³-hybridized carbons (Fsp3) is 0.250. The van der Waals surface area contributed by atoms with Gasteiger partial charge in [-0.25, -0.2) is 4.79 Å². The minimum atomic E-state index is -0.556. The van der Waals surface area contributed by atoms with Crippen LogP contribution in [0.25, 0.3) is 11.1 Å². The van der Waals surface area contributed by atoms with Crippen LogP contribution >= 0.6 is 22.9 Å². The Hall–Kier alpha value is -2.09. The van der Waals surface area contributed by atoms with E-state index in [-0.39, 0.29) is 25.1 Å². The molecule has 0 saturated heterocycles. The van der Waals surface area contributed by atoms with Crippen LogP contribution in [-0.4, -0.2) is 24.1 Å². The van der Waals surface area contributed by atoms with Crippen molar-refractivity contribution in [2.75, 3.05) is 13.7 Å². The van der Waals surface area contributed by atoms with Crippen molar-refractivity contribution in [3.05, 3.63) is 56.2 Å². The number of fused-ring (bicyclic) bond motifs is 1. The molecule has 0 aliphatic carbocycles. The van der Waals surface area contributed by atoms with E-state index in [1.807, 2.05) is 6.07 Å². The minimum Gasteiger partial charge on any atom is -0.408 e. The number of nitrogens with one attached hydrogen (secondary N) is 1. The first-order valence-corrected chi connectivity index (χ1v) is 8.41. The lowest BCUT2D eigenvalue weighted by atomic mass is 10.3. The molecule has 2 heterocycles. The number of carbonyl (C=O) groups excluding carboxylic acids is 1. The molecule has 126 valence electrons. The van der Waals surface area contributed by atoms with Gasteiger partial charge in [-0.05, 0) is 24.3 Å². The van der Waals surface area contributed by atoms with E-state index in [9.17, 15) is 9.59 Å². The average Bonchev–Trinajstić information content (AvgIpc) is 3.12. The summed E-state index contributed by atoms with van der Waals surface area (Å²) in [7, 11) is 1.57. The summed E-state index contributed by atoms with van der Waals surface area (Å²) >= 11 is 7.32. The molecule has 1 unspecified atom stereocenters. The molecule has 0 fully saturated rings. The number of oxazole rings is 1. The van der Waals surface area contributed by atoms with Gasteiger partial charge in [0.15, 0.2) is 5.58 Å². The Morgan fingerprint density at radius 2 is 2.17 bits per heavy atom. The van der Waals surface area contributed by atoms with E-state index in [0.29, 0.717) is 15.4 Å². The van der Waals surface area contributed by atoms with Gasteiger partial charge in [0.25, 0.3) is 0 Å². The molecule has 0 aliphatic rings. The SMILES string of the molecule is COC(CNC(=O)Cn1c(=O)oc2ccccc21)c1ccc(Cl)s1. The second-order valence-electron chi connectivity index (χ2n) is 5.09. The van der Waals surface area contributed by atoms with Gasteiger partial charge < -0.3 is 14.5 Å². The number of rotatable bonds is 6. The molecule has 1 amide bonds. The molecule has 3 rings (SSSR count). The van der Waals surface area contributed by atoms with Gasteiger partial charge >= 0.3 is 5.76 Å². The Balaban J connectivity index is 1.67. The molecule has 1 atom stereocenters. The molecule has 8 heteroatoms. The molecule has 3 aromatic rings. The number of ether oxygens (including phenoxy) is 1. The Morgan fingerprint density at radius 1 is 1.38 bits per heavy atom. The van der Waals surface area contributed by atoms with Crippen molar-refractivity contribution in [2.45, 2.75) is 12.6 Å². The standard InChI is InChI=1S/C16H15ClN2O4S/c1-22-12(13-6-7-14(17)24-13)8-18-15(20)9-19-10-4-2-3-5-11(10)23-16(19)21/h2-7,12H,8-9H2,1H3,(H,18,20). The maximum Gasteiger partial charge on any atom is 0.420 e. The van der Waals surface area contributed by atoms with E-state index in [4.69, 9.17) is 20.8 Å². The van der Waals surface area contributed by atoms with Crippen LogP contribution in [0.3, 0.4) is 0 Å². The van der Waals surface area contributed by atoms with Gasteiger partial charge in [0, 0.05) is 18.5 Å². The number of benzene rings is 1. The number of hydrogen-bond donors (Lipinski definition) is 1. The number of carbonyl (C=O) groups is 1. The van der Waals surface area contributed by atoms with Crippen LogP contribution in [0.2, 0.25) is 4.34 Å². The van der Waals surface area contributed by atoms with Crippen molar-refractivity contribution in [1.82, 2.24) is 9.88 Å².